The summed E-state index contributed by atoms with van der Waals surface area (Å²) < 4.78 is 19.3. The summed E-state index contributed by atoms with van der Waals surface area (Å²) in [5.74, 6) is 1.41. The molecule has 0 amide bonds. The van der Waals surface area contributed by atoms with Gasteiger partial charge in [-0.25, -0.2) is 4.39 Å². The van der Waals surface area contributed by atoms with Crippen molar-refractivity contribution in [3.05, 3.63) is 65.0 Å². The summed E-state index contributed by atoms with van der Waals surface area (Å²) >= 11 is 1.70. The number of ether oxygens (including phenoxy) is 1. The van der Waals surface area contributed by atoms with E-state index in [2.05, 4.69) is 35.4 Å². The summed E-state index contributed by atoms with van der Waals surface area (Å²) in [5.41, 5.74) is 3.22. The average Bonchev–Trinajstić information content (AvgIpc) is 3.07. The summed E-state index contributed by atoms with van der Waals surface area (Å²) in [7, 11) is 1.61. The standard InChI is InChI=1S/C19H21FN2OS/c1-13-4-3-5-14(10-13)11-17(22-19-21-8-9-24-19)16-12-15(20)6-7-18(16)23-2/h3-7,10,12,17H,8-9,11H2,1-2H3,(H,21,22). The molecule has 1 heterocycles. The van der Waals surface area contributed by atoms with E-state index in [9.17, 15) is 4.39 Å². The number of amidine groups is 1. The van der Waals surface area contributed by atoms with Gasteiger partial charge in [-0.2, -0.15) is 0 Å². The predicted molar refractivity (Wildman–Crippen MR) is 98.5 cm³/mol. The molecule has 0 spiro atoms. The Bertz CT molecular complexity index is 748. The van der Waals surface area contributed by atoms with Crippen LogP contribution in [-0.2, 0) is 6.42 Å². The number of thioether (sulfide) groups is 1. The van der Waals surface area contributed by atoms with Crippen molar-refractivity contribution in [2.45, 2.75) is 19.4 Å². The molecule has 0 bridgehead atoms. The zero-order chi connectivity index (χ0) is 16.9. The highest BCUT2D eigenvalue weighted by atomic mass is 32.2. The molecule has 1 unspecified atom stereocenters. The Morgan fingerprint density at radius 2 is 2.17 bits per heavy atom. The second kappa shape index (κ2) is 7.71. The van der Waals surface area contributed by atoms with Crippen LogP contribution in [0.2, 0.25) is 0 Å². The Kier molecular flexibility index (Phi) is 5.41. The van der Waals surface area contributed by atoms with Gasteiger partial charge in [-0.1, -0.05) is 41.6 Å². The van der Waals surface area contributed by atoms with Crippen LogP contribution in [0.4, 0.5) is 4.39 Å². The number of hydrogen-bond donors (Lipinski definition) is 1. The van der Waals surface area contributed by atoms with Crippen molar-refractivity contribution >= 4 is 16.9 Å². The molecule has 0 aromatic heterocycles. The summed E-state index contributed by atoms with van der Waals surface area (Å²) in [4.78, 5) is 4.47. The van der Waals surface area contributed by atoms with Crippen LogP contribution in [0.5, 0.6) is 5.75 Å². The zero-order valence-electron chi connectivity index (χ0n) is 13.9. The topological polar surface area (TPSA) is 33.6 Å². The molecule has 126 valence electrons. The van der Waals surface area contributed by atoms with Crippen molar-refractivity contribution in [1.82, 2.24) is 5.32 Å². The third kappa shape index (κ3) is 4.09. The number of nitrogens with zero attached hydrogens (tertiary/aromatic N) is 1. The van der Waals surface area contributed by atoms with Crippen molar-refractivity contribution in [2.24, 2.45) is 4.99 Å². The smallest absolute Gasteiger partial charge is 0.157 e. The highest BCUT2D eigenvalue weighted by Crippen LogP contribution is 2.30. The minimum Gasteiger partial charge on any atom is -0.496 e. The number of benzene rings is 2. The first-order chi connectivity index (χ1) is 11.7. The second-order valence-electron chi connectivity index (χ2n) is 5.81. The quantitative estimate of drug-likeness (QED) is 0.886. The van der Waals surface area contributed by atoms with E-state index >= 15 is 0 Å². The van der Waals surface area contributed by atoms with E-state index in [-0.39, 0.29) is 11.9 Å². The van der Waals surface area contributed by atoms with Crippen LogP contribution in [0.25, 0.3) is 0 Å². The molecule has 3 nitrogen and oxygen atoms in total. The highest BCUT2D eigenvalue weighted by Gasteiger charge is 2.20. The lowest BCUT2D eigenvalue weighted by Crippen LogP contribution is -2.27. The van der Waals surface area contributed by atoms with Crippen LogP contribution in [0.15, 0.2) is 47.5 Å². The Hall–Kier alpha value is -2.01. The maximum absolute atomic E-state index is 13.8. The fraction of sp³-hybridized carbons (Fsp3) is 0.316. The normalized spacial score (nSPS) is 15.0. The zero-order valence-corrected chi connectivity index (χ0v) is 14.7. The molecule has 24 heavy (non-hydrogen) atoms. The highest BCUT2D eigenvalue weighted by molar-refractivity contribution is 8.14. The van der Waals surface area contributed by atoms with Crippen LogP contribution in [-0.4, -0.2) is 24.6 Å². The van der Waals surface area contributed by atoms with Gasteiger partial charge in [0.1, 0.15) is 11.6 Å². The summed E-state index contributed by atoms with van der Waals surface area (Å²) in [6.07, 6.45) is 0.737. The minimum atomic E-state index is -0.261. The maximum Gasteiger partial charge on any atom is 0.157 e. The molecule has 1 aliphatic heterocycles. The average molecular weight is 344 g/mol. The summed E-state index contributed by atoms with van der Waals surface area (Å²) in [6.45, 7) is 2.90. The lowest BCUT2D eigenvalue weighted by Gasteiger charge is -2.22. The molecule has 0 saturated heterocycles. The van der Waals surface area contributed by atoms with Crippen molar-refractivity contribution < 1.29 is 9.13 Å². The van der Waals surface area contributed by atoms with Gasteiger partial charge in [0.2, 0.25) is 0 Å². The van der Waals surface area contributed by atoms with E-state index in [4.69, 9.17) is 4.74 Å². The van der Waals surface area contributed by atoms with E-state index < -0.39 is 0 Å². The number of rotatable bonds is 5. The van der Waals surface area contributed by atoms with Crippen molar-refractivity contribution in [1.29, 1.82) is 0 Å². The molecular weight excluding hydrogens is 323 g/mol. The monoisotopic (exact) mass is 344 g/mol. The summed E-state index contributed by atoms with van der Waals surface area (Å²) in [5, 5.41) is 4.38. The largest absolute Gasteiger partial charge is 0.496 e. The fourth-order valence-electron chi connectivity index (χ4n) is 2.86. The molecule has 2 aromatic rings. The number of halogens is 1. The van der Waals surface area contributed by atoms with Gasteiger partial charge in [0, 0.05) is 11.3 Å². The molecule has 1 aliphatic rings. The van der Waals surface area contributed by atoms with Crippen molar-refractivity contribution in [3.8, 4) is 5.75 Å². The first-order valence-corrected chi connectivity index (χ1v) is 8.97. The van der Waals surface area contributed by atoms with E-state index in [0.717, 1.165) is 29.4 Å². The van der Waals surface area contributed by atoms with E-state index in [1.165, 1.54) is 17.2 Å². The van der Waals surface area contributed by atoms with E-state index in [1.54, 1.807) is 31.0 Å². The Labute approximate surface area is 146 Å². The number of aryl methyl sites for hydroxylation is 1. The van der Waals surface area contributed by atoms with Gasteiger partial charge in [-0.15, -0.1) is 0 Å². The number of methoxy groups -OCH3 is 1. The van der Waals surface area contributed by atoms with Crippen LogP contribution in [0.1, 0.15) is 22.7 Å². The fourth-order valence-corrected chi connectivity index (χ4v) is 3.65. The van der Waals surface area contributed by atoms with E-state index in [1.807, 2.05) is 6.07 Å². The lowest BCUT2D eigenvalue weighted by molar-refractivity contribution is 0.401. The van der Waals surface area contributed by atoms with Crippen molar-refractivity contribution in [3.63, 3.8) is 0 Å². The predicted octanol–water partition coefficient (Wildman–Crippen LogP) is 4.12. The van der Waals surface area contributed by atoms with Crippen LogP contribution in [0.3, 0.4) is 0 Å². The van der Waals surface area contributed by atoms with Gasteiger partial charge < -0.3 is 10.1 Å². The third-order valence-corrected chi connectivity index (χ3v) is 4.88. The van der Waals surface area contributed by atoms with Crippen LogP contribution < -0.4 is 10.1 Å². The van der Waals surface area contributed by atoms with Gasteiger partial charge >= 0.3 is 0 Å². The molecule has 0 saturated carbocycles. The maximum atomic E-state index is 13.8. The molecule has 5 heteroatoms. The number of nitrogens with one attached hydrogen (secondary N) is 1. The Morgan fingerprint density at radius 1 is 1.29 bits per heavy atom. The Morgan fingerprint density at radius 3 is 2.88 bits per heavy atom. The van der Waals surface area contributed by atoms with Crippen LogP contribution in [0, 0.1) is 12.7 Å². The first kappa shape index (κ1) is 16.8. The SMILES string of the molecule is COc1ccc(F)cc1C(Cc1cccc(C)c1)NC1=NCCS1. The number of aliphatic imine (C=N–C) groups is 1. The first-order valence-electron chi connectivity index (χ1n) is 7.98. The molecule has 0 radical (unpaired) electrons. The Balaban J connectivity index is 1.93. The lowest BCUT2D eigenvalue weighted by atomic mass is 9.97. The van der Waals surface area contributed by atoms with Gasteiger partial charge in [0.15, 0.2) is 5.17 Å². The van der Waals surface area contributed by atoms with Gasteiger partial charge in [0.25, 0.3) is 0 Å². The number of hydrogen-bond acceptors (Lipinski definition) is 4. The molecule has 2 aromatic carbocycles. The summed E-state index contributed by atoms with van der Waals surface area (Å²) in [6, 6.07) is 12.9. The molecule has 0 aliphatic carbocycles. The van der Waals surface area contributed by atoms with Crippen LogP contribution >= 0.6 is 11.8 Å². The molecule has 3 rings (SSSR count). The second-order valence-corrected chi connectivity index (χ2v) is 6.90. The molecular formula is C19H21FN2OS. The molecule has 0 fully saturated rings. The van der Waals surface area contributed by atoms with E-state index in [0.29, 0.717) is 5.75 Å². The third-order valence-electron chi connectivity index (χ3n) is 3.97. The van der Waals surface area contributed by atoms with Gasteiger partial charge in [-0.3, -0.25) is 4.99 Å². The minimum absolute atomic E-state index is 0.0956. The van der Waals surface area contributed by atoms with Gasteiger partial charge in [-0.05, 0) is 37.1 Å². The molecule has 1 N–H and O–H groups in total. The van der Waals surface area contributed by atoms with Crippen molar-refractivity contribution in [2.75, 3.05) is 19.4 Å². The van der Waals surface area contributed by atoms with Gasteiger partial charge in [0.05, 0.1) is 19.7 Å². The molecule has 1 atom stereocenters.